The fourth-order valence-corrected chi connectivity index (χ4v) is 5.46. The van der Waals surface area contributed by atoms with E-state index in [0.29, 0.717) is 5.41 Å². The minimum Gasteiger partial charge on any atom is -0.496 e. The summed E-state index contributed by atoms with van der Waals surface area (Å²) in [4.78, 5) is 0. The summed E-state index contributed by atoms with van der Waals surface area (Å²) in [6.45, 7) is 11.0. The molecular weight excluding hydrogens is 284 g/mol. The van der Waals surface area contributed by atoms with Crippen LogP contribution >= 0.6 is 0 Å². The minimum atomic E-state index is -0.871. The number of methoxy groups -OCH3 is 1. The fourth-order valence-electron chi connectivity index (χ4n) is 5.46. The first-order valence-electron chi connectivity index (χ1n) is 9.04. The third-order valence-electron chi connectivity index (χ3n) is 6.63. The van der Waals surface area contributed by atoms with Crippen molar-refractivity contribution in [3.05, 3.63) is 28.8 Å². The summed E-state index contributed by atoms with van der Waals surface area (Å²) in [5, 5.41) is 10.5. The van der Waals surface area contributed by atoms with Crippen LogP contribution in [0.5, 0.6) is 5.75 Å². The molecule has 0 spiro atoms. The zero-order chi connectivity index (χ0) is 17.0. The Hall–Kier alpha value is -1.02. The van der Waals surface area contributed by atoms with Gasteiger partial charge in [-0.1, -0.05) is 27.2 Å². The van der Waals surface area contributed by atoms with E-state index in [0.717, 1.165) is 23.7 Å². The smallest absolute Gasteiger partial charge is 0.125 e. The van der Waals surface area contributed by atoms with Crippen LogP contribution in [0, 0.1) is 11.3 Å². The van der Waals surface area contributed by atoms with Crippen molar-refractivity contribution in [1.82, 2.24) is 0 Å². The molecule has 0 bridgehead atoms. The zero-order valence-electron chi connectivity index (χ0n) is 15.6. The molecule has 2 aliphatic rings. The van der Waals surface area contributed by atoms with Gasteiger partial charge >= 0.3 is 0 Å². The number of fused-ring (bicyclic) bond motifs is 3. The Balaban J connectivity index is 2.16. The molecule has 0 aromatic heterocycles. The van der Waals surface area contributed by atoms with Crippen molar-refractivity contribution in [1.29, 1.82) is 0 Å². The second kappa shape index (κ2) is 5.24. The highest BCUT2D eigenvalue weighted by molar-refractivity contribution is 5.50. The molecule has 0 unspecified atom stereocenters. The summed E-state index contributed by atoms with van der Waals surface area (Å²) in [5.74, 6) is 1.57. The average molecular weight is 316 g/mol. The normalized spacial score (nSPS) is 29.6. The van der Waals surface area contributed by atoms with E-state index in [2.05, 4.69) is 32.9 Å². The molecule has 0 amide bonds. The van der Waals surface area contributed by atoms with E-state index in [1.54, 1.807) is 7.11 Å². The molecule has 1 saturated carbocycles. The first-order valence-corrected chi connectivity index (χ1v) is 9.04. The number of hydrogen-bond acceptors (Lipinski definition) is 2. The van der Waals surface area contributed by atoms with Crippen LogP contribution in [-0.4, -0.2) is 12.2 Å². The molecule has 1 aromatic rings. The number of aliphatic hydroxyl groups is 1. The van der Waals surface area contributed by atoms with Gasteiger partial charge in [0.25, 0.3) is 0 Å². The maximum absolute atomic E-state index is 10.5. The highest BCUT2D eigenvalue weighted by atomic mass is 16.5. The monoisotopic (exact) mass is 316 g/mol. The highest BCUT2D eigenvalue weighted by Gasteiger charge is 2.50. The van der Waals surface area contributed by atoms with Crippen LogP contribution in [-0.2, 0) is 17.4 Å². The van der Waals surface area contributed by atoms with E-state index in [1.807, 2.05) is 13.8 Å². The average Bonchev–Trinajstić information content (AvgIpc) is 2.44. The standard InChI is InChI=1S/C21H32O2/c1-19(2)10-7-11-21(5)15-13-17(23-6)16(20(3,4)22)12-14(15)8-9-18(19)21/h12-13,18,22H,7-11H2,1-6H3/t18-,21+/m0/s1. The molecule has 128 valence electrons. The third-order valence-corrected chi connectivity index (χ3v) is 6.63. The summed E-state index contributed by atoms with van der Waals surface area (Å²) < 4.78 is 5.65. The lowest BCUT2D eigenvalue weighted by Crippen LogP contribution is -2.48. The van der Waals surface area contributed by atoms with Gasteiger partial charge in [-0.25, -0.2) is 0 Å². The van der Waals surface area contributed by atoms with Crippen molar-refractivity contribution in [2.75, 3.05) is 7.11 Å². The second-order valence-electron chi connectivity index (χ2n) is 9.12. The van der Waals surface area contributed by atoms with Gasteiger partial charge in [0.1, 0.15) is 5.75 Å². The minimum absolute atomic E-state index is 0.237. The van der Waals surface area contributed by atoms with Crippen molar-refractivity contribution in [2.24, 2.45) is 11.3 Å². The lowest BCUT2D eigenvalue weighted by atomic mass is 9.50. The molecule has 2 atom stereocenters. The van der Waals surface area contributed by atoms with Crippen LogP contribution in [0.3, 0.4) is 0 Å². The lowest BCUT2D eigenvalue weighted by Gasteiger charge is -2.54. The molecule has 0 radical (unpaired) electrons. The Morgan fingerprint density at radius 1 is 1.17 bits per heavy atom. The number of rotatable bonds is 2. The van der Waals surface area contributed by atoms with Gasteiger partial charge in [0.15, 0.2) is 0 Å². The summed E-state index contributed by atoms with van der Waals surface area (Å²) >= 11 is 0. The summed E-state index contributed by atoms with van der Waals surface area (Å²) in [7, 11) is 1.71. The Bertz CT molecular complexity index is 609. The molecule has 1 aromatic carbocycles. The number of benzene rings is 1. The molecule has 2 heteroatoms. The van der Waals surface area contributed by atoms with Gasteiger partial charge in [-0.05, 0) is 79.5 Å². The van der Waals surface area contributed by atoms with Crippen molar-refractivity contribution < 1.29 is 9.84 Å². The maximum Gasteiger partial charge on any atom is 0.125 e. The SMILES string of the molecule is COc1cc2c(cc1C(C)(C)O)CC[C@H]1C(C)(C)CCC[C@]21C. The van der Waals surface area contributed by atoms with Gasteiger partial charge in [-0.15, -0.1) is 0 Å². The fraction of sp³-hybridized carbons (Fsp3) is 0.714. The van der Waals surface area contributed by atoms with E-state index in [9.17, 15) is 5.11 Å². The van der Waals surface area contributed by atoms with E-state index in [-0.39, 0.29) is 5.41 Å². The van der Waals surface area contributed by atoms with Crippen LogP contribution in [0.4, 0.5) is 0 Å². The summed E-state index contributed by atoms with van der Waals surface area (Å²) in [6.07, 6.45) is 6.27. The Kier molecular flexibility index (Phi) is 3.83. The van der Waals surface area contributed by atoms with E-state index >= 15 is 0 Å². The van der Waals surface area contributed by atoms with Crippen LogP contribution in [0.15, 0.2) is 12.1 Å². The topological polar surface area (TPSA) is 29.5 Å². The number of ether oxygens (including phenoxy) is 1. The van der Waals surface area contributed by atoms with Gasteiger partial charge < -0.3 is 9.84 Å². The largest absolute Gasteiger partial charge is 0.496 e. The summed E-state index contributed by atoms with van der Waals surface area (Å²) in [6, 6.07) is 4.44. The zero-order valence-corrected chi connectivity index (χ0v) is 15.6. The van der Waals surface area contributed by atoms with Crippen molar-refractivity contribution in [2.45, 2.75) is 77.7 Å². The Morgan fingerprint density at radius 2 is 1.87 bits per heavy atom. The van der Waals surface area contributed by atoms with Crippen molar-refractivity contribution in [3.63, 3.8) is 0 Å². The molecule has 2 aliphatic carbocycles. The van der Waals surface area contributed by atoms with Crippen LogP contribution < -0.4 is 4.74 Å². The Labute approximate surface area is 141 Å². The number of aryl methyl sites for hydroxylation is 1. The lowest BCUT2D eigenvalue weighted by molar-refractivity contribution is 0.0399. The van der Waals surface area contributed by atoms with Gasteiger partial charge in [0, 0.05) is 5.56 Å². The van der Waals surface area contributed by atoms with Crippen molar-refractivity contribution >= 4 is 0 Å². The van der Waals surface area contributed by atoms with E-state index in [4.69, 9.17) is 4.74 Å². The molecule has 0 aliphatic heterocycles. The maximum atomic E-state index is 10.5. The Morgan fingerprint density at radius 3 is 2.48 bits per heavy atom. The van der Waals surface area contributed by atoms with Crippen molar-refractivity contribution in [3.8, 4) is 5.75 Å². The van der Waals surface area contributed by atoms with Gasteiger partial charge in [-0.2, -0.15) is 0 Å². The first kappa shape index (κ1) is 16.8. The predicted molar refractivity (Wildman–Crippen MR) is 95.0 cm³/mol. The predicted octanol–water partition coefficient (Wildman–Crippen LogP) is 4.95. The molecule has 0 saturated heterocycles. The van der Waals surface area contributed by atoms with Crippen LogP contribution in [0.2, 0.25) is 0 Å². The second-order valence-corrected chi connectivity index (χ2v) is 9.12. The molecule has 1 fully saturated rings. The highest BCUT2D eigenvalue weighted by Crippen LogP contribution is 2.57. The van der Waals surface area contributed by atoms with E-state index < -0.39 is 5.60 Å². The molecule has 0 heterocycles. The third kappa shape index (κ3) is 2.59. The molecular formula is C21H32O2. The van der Waals surface area contributed by atoms with Gasteiger partial charge in [-0.3, -0.25) is 0 Å². The molecule has 2 nitrogen and oxygen atoms in total. The van der Waals surface area contributed by atoms with Crippen LogP contribution in [0.1, 0.15) is 77.0 Å². The molecule has 23 heavy (non-hydrogen) atoms. The van der Waals surface area contributed by atoms with Gasteiger partial charge in [0.2, 0.25) is 0 Å². The van der Waals surface area contributed by atoms with E-state index in [1.165, 1.54) is 36.8 Å². The molecule has 1 N–H and O–H groups in total. The quantitative estimate of drug-likeness (QED) is 0.836. The first-order chi connectivity index (χ1) is 10.6. The molecule has 3 rings (SSSR count). The number of hydrogen-bond donors (Lipinski definition) is 1. The summed E-state index contributed by atoms with van der Waals surface area (Å²) in [5.41, 5.74) is 3.57. The van der Waals surface area contributed by atoms with Gasteiger partial charge in [0.05, 0.1) is 12.7 Å². The van der Waals surface area contributed by atoms with Crippen LogP contribution in [0.25, 0.3) is 0 Å².